The summed E-state index contributed by atoms with van der Waals surface area (Å²) in [5.41, 5.74) is 3.39. The second-order valence-corrected chi connectivity index (χ2v) is 6.21. The Morgan fingerprint density at radius 1 is 1.16 bits per heavy atom. The minimum absolute atomic E-state index is 0.334. The van der Waals surface area contributed by atoms with Crippen molar-refractivity contribution in [2.24, 2.45) is 4.99 Å². The molecule has 0 aliphatic carbocycles. The van der Waals surface area contributed by atoms with Crippen molar-refractivity contribution in [3.05, 3.63) is 65.5 Å². The predicted octanol–water partition coefficient (Wildman–Crippen LogP) is 2.78. The van der Waals surface area contributed by atoms with Crippen molar-refractivity contribution in [1.82, 2.24) is 15.6 Å². The van der Waals surface area contributed by atoms with Gasteiger partial charge in [0.25, 0.3) is 0 Å². The number of hydrogen-bond donors (Lipinski definition) is 3. The first-order valence-electron chi connectivity index (χ1n) is 8.77. The lowest BCUT2D eigenvalue weighted by Gasteiger charge is -2.16. The molecule has 0 saturated carbocycles. The molecule has 3 N–H and O–H groups in total. The summed E-state index contributed by atoms with van der Waals surface area (Å²) in [5, 5.41) is 16.7. The van der Waals surface area contributed by atoms with Crippen molar-refractivity contribution in [3.8, 4) is 0 Å². The van der Waals surface area contributed by atoms with Gasteiger partial charge in [0.1, 0.15) is 0 Å². The van der Waals surface area contributed by atoms with Gasteiger partial charge in [-0.2, -0.15) is 0 Å². The van der Waals surface area contributed by atoms with Gasteiger partial charge in [-0.05, 0) is 37.1 Å². The highest BCUT2D eigenvalue weighted by Gasteiger charge is 2.09. The Bertz CT molecular complexity index is 672. The average Bonchev–Trinajstić information content (AvgIpc) is 2.64. The van der Waals surface area contributed by atoms with Gasteiger partial charge in [0, 0.05) is 37.9 Å². The van der Waals surface area contributed by atoms with Crippen LogP contribution in [0, 0.1) is 6.92 Å². The number of aryl methyl sites for hydroxylation is 1. The molecule has 5 nitrogen and oxygen atoms in total. The number of guanidine groups is 1. The Hall–Kier alpha value is -2.40. The summed E-state index contributed by atoms with van der Waals surface area (Å²) in [5.74, 6) is 1.05. The lowest BCUT2D eigenvalue weighted by atomic mass is 10.00. The number of rotatable bonds is 7. The minimum atomic E-state index is -0.596. The van der Waals surface area contributed by atoms with E-state index in [0.29, 0.717) is 19.0 Å². The number of aliphatic hydroxyl groups is 1. The van der Waals surface area contributed by atoms with E-state index in [-0.39, 0.29) is 0 Å². The van der Waals surface area contributed by atoms with Crippen LogP contribution in [0.5, 0.6) is 0 Å². The zero-order valence-electron chi connectivity index (χ0n) is 15.2. The van der Waals surface area contributed by atoms with Crippen LogP contribution < -0.4 is 10.6 Å². The second kappa shape index (κ2) is 9.79. The van der Waals surface area contributed by atoms with Gasteiger partial charge in [-0.3, -0.25) is 9.98 Å². The first-order valence-corrected chi connectivity index (χ1v) is 8.77. The maximum Gasteiger partial charge on any atom is 0.191 e. The highest BCUT2D eigenvalue weighted by molar-refractivity contribution is 5.79. The van der Waals surface area contributed by atoms with Crippen LogP contribution in [0.1, 0.15) is 42.6 Å². The Morgan fingerprint density at radius 2 is 1.92 bits per heavy atom. The lowest BCUT2D eigenvalue weighted by molar-refractivity contribution is 0.180. The quantitative estimate of drug-likeness (QED) is 0.535. The summed E-state index contributed by atoms with van der Waals surface area (Å²) in [4.78, 5) is 8.62. The van der Waals surface area contributed by atoms with E-state index < -0.39 is 6.10 Å². The standard InChI is InChI=1S/C20H28N4O/c1-4-22-20(24-14-19(25)17-8-10-21-11-9-17)23-13-16(3)18-7-5-6-15(2)12-18/h5-12,16,19,25H,4,13-14H2,1-3H3,(H2,22,23,24). The number of benzene rings is 1. The smallest absolute Gasteiger partial charge is 0.191 e. The summed E-state index contributed by atoms with van der Waals surface area (Å²) in [7, 11) is 0. The van der Waals surface area contributed by atoms with Crippen LogP contribution >= 0.6 is 0 Å². The van der Waals surface area contributed by atoms with Crippen LogP contribution in [0.15, 0.2) is 53.8 Å². The van der Waals surface area contributed by atoms with Crippen molar-refractivity contribution in [2.45, 2.75) is 32.8 Å². The molecule has 0 radical (unpaired) electrons. The summed E-state index contributed by atoms with van der Waals surface area (Å²) in [6.45, 7) is 8.16. The molecule has 0 spiro atoms. The highest BCUT2D eigenvalue weighted by Crippen LogP contribution is 2.16. The maximum atomic E-state index is 10.3. The molecule has 1 aromatic heterocycles. The number of pyridine rings is 1. The SMILES string of the molecule is CCNC(=NCC(C)c1cccc(C)c1)NCC(O)c1ccncc1. The van der Waals surface area contributed by atoms with Gasteiger partial charge in [-0.15, -0.1) is 0 Å². The van der Waals surface area contributed by atoms with E-state index in [1.165, 1.54) is 11.1 Å². The van der Waals surface area contributed by atoms with Gasteiger partial charge in [0.2, 0.25) is 0 Å². The molecule has 2 atom stereocenters. The van der Waals surface area contributed by atoms with Crippen LogP contribution in [0.25, 0.3) is 0 Å². The summed E-state index contributed by atoms with van der Waals surface area (Å²) in [6.07, 6.45) is 2.77. The zero-order chi connectivity index (χ0) is 18.1. The maximum absolute atomic E-state index is 10.3. The summed E-state index contributed by atoms with van der Waals surface area (Å²) < 4.78 is 0. The van der Waals surface area contributed by atoms with Gasteiger partial charge < -0.3 is 15.7 Å². The lowest BCUT2D eigenvalue weighted by Crippen LogP contribution is -2.39. The fourth-order valence-corrected chi connectivity index (χ4v) is 2.55. The molecule has 2 unspecified atom stereocenters. The van der Waals surface area contributed by atoms with Crippen molar-refractivity contribution in [1.29, 1.82) is 0 Å². The fourth-order valence-electron chi connectivity index (χ4n) is 2.55. The monoisotopic (exact) mass is 340 g/mol. The molecule has 0 amide bonds. The van der Waals surface area contributed by atoms with E-state index in [4.69, 9.17) is 0 Å². The Balaban J connectivity index is 1.93. The molecule has 0 aliphatic rings. The number of nitrogens with zero attached hydrogens (tertiary/aromatic N) is 2. The van der Waals surface area contributed by atoms with Gasteiger partial charge >= 0.3 is 0 Å². The molecular formula is C20H28N4O. The zero-order valence-corrected chi connectivity index (χ0v) is 15.2. The molecule has 1 aromatic carbocycles. The number of aromatic nitrogens is 1. The summed E-state index contributed by atoms with van der Waals surface area (Å²) in [6, 6.07) is 12.2. The van der Waals surface area contributed by atoms with Gasteiger partial charge in [-0.1, -0.05) is 36.8 Å². The van der Waals surface area contributed by atoms with Crippen LogP contribution in [0.4, 0.5) is 0 Å². The highest BCUT2D eigenvalue weighted by atomic mass is 16.3. The molecule has 2 aromatic rings. The van der Waals surface area contributed by atoms with Gasteiger partial charge in [-0.25, -0.2) is 0 Å². The molecule has 0 aliphatic heterocycles. The van der Waals surface area contributed by atoms with Crippen molar-refractivity contribution in [3.63, 3.8) is 0 Å². The van der Waals surface area contributed by atoms with E-state index in [0.717, 1.165) is 18.1 Å². The van der Waals surface area contributed by atoms with E-state index >= 15 is 0 Å². The molecule has 0 fully saturated rings. The Morgan fingerprint density at radius 3 is 2.60 bits per heavy atom. The summed E-state index contributed by atoms with van der Waals surface area (Å²) >= 11 is 0. The van der Waals surface area contributed by atoms with Crippen LogP contribution in [0.2, 0.25) is 0 Å². The van der Waals surface area contributed by atoms with E-state index in [9.17, 15) is 5.11 Å². The fraction of sp³-hybridized carbons (Fsp3) is 0.400. The molecule has 1 heterocycles. The topological polar surface area (TPSA) is 69.5 Å². The van der Waals surface area contributed by atoms with E-state index in [1.54, 1.807) is 12.4 Å². The van der Waals surface area contributed by atoms with Crippen LogP contribution in [0.3, 0.4) is 0 Å². The molecule has 0 saturated heterocycles. The van der Waals surface area contributed by atoms with Gasteiger partial charge in [0.05, 0.1) is 6.10 Å². The number of nitrogens with one attached hydrogen (secondary N) is 2. The third-order valence-corrected chi connectivity index (χ3v) is 4.03. The third kappa shape index (κ3) is 6.19. The Kier molecular flexibility index (Phi) is 7.41. The normalized spacial score (nSPS) is 14.0. The van der Waals surface area contributed by atoms with E-state index in [1.807, 2.05) is 19.1 Å². The van der Waals surface area contributed by atoms with Crippen molar-refractivity contribution in [2.75, 3.05) is 19.6 Å². The molecule has 5 heteroatoms. The average molecular weight is 340 g/mol. The number of aliphatic imine (C=N–C) groups is 1. The van der Waals surface area contributed by atoms with Crippen LogP contribution in [-0.4, -0.2) is 35.7 Å². The van der Waals surface area contributed by atoms with Gasteiger partial charge in [0.15, 0.2) is 5.96 Å². The third-order valence-electron chi connectivity index (χ3n) is 4.03. The molecule has 0 bridgehead atoms. The molecule has 134 valence electrons. The molecule has 2 rings (SSSR count). The largest absolute Gasteiger partial charge is 0.387 e. The van der Waals surface area contributed by atoms with Crippen LogP contribution in [-0.2, 0) is 0 Å². The van der Waals surface area contributed by atoms with Crippen molar-refractivity contribution < 1.29 is 5.11 Å². The molecular weight excluding hydrogens is 312 g/mol. The molecule has 25 heavy (non-hydrogen) atoms. The first-order chi connectivity index (χ1) is 12.1. The second-order valence-electron chi connectivity index (χ2n) is 6.21. The first kappa shape index (κ1) is 18.9. The Labute approximate surface area is 150 Å². The number of aliphatic hydroxyl groups excluding tert-OH is 1. The number of hydrogen-bond acceptors (Lipinski definition) is 3. The van der Waals surface area contributed by atoms with Crippen molar-refractivity contribution >= 4 is 5.96 Å². The minimum Gasteiger partial charge on any atom is -0.387 e. The predicted molar refractivity (Wildman–Crippen MR) is 103 cm³/mol. The van der Waals surface area contributed by atoms with E-state index in [2.05, 4.69) is 58.7 Å².